The Morgan fingerprint density at radius 1 is 1.28 bits per heavy atom. The third-order valence-corrected chi connectivity index (χ3v) is 4.36. The second-order valence-electron chi connectivity index (χ2n) is 6.64. The first kappa shape index (κ1) is 13.3. The predicted molar refractivity (Wildman–Crippen MR) is 72.4 cm³/mol. The van der Waals surface area contributed by atoms with Crippen LogP contribution in [0.1, 0.15) is 57.1 Å². The molecule has 1 saturated carbocycles. The average molecular weight is 248 g/mol. The molecule has 2 rings (SSSR count). The molecule has 1 aromatic rings. The van der Waals surface area contributed by atoms with Crippen LogP contribution in [0.15, 0.2) is 12.4 Å². The molecule has 0 spiro atoms. The Balaban J connectivity index is 1.99. The Bertz CT molecular complexity index is 420. The van der Waals surface area contributed by atoms with Crippen molar-refractivity contribution in [3.8, 4) is 0 Å². The number of carbonyl (C=O) groups is 1. The van der Waals surface area contributed by atoms with Gasteiger partial charge < -0.3 is 4.57 Å². The molecule has 0 aromatic carbocycles. The molecule has 1 aliphatic rings. The molecule has 1 aromatic heterocycles. The molecule has 18 heavy (non-hydrogen) atoms. The summed E-state index contributed by atoms with van der Waals surface area (Å²) in [5.41, 5.74) is 0.372. The highest BCUT2D eigenvalue weighted by Gasteiger charge is 2.33. The molecular weight excluding hydrogens is 224 g/mol. The lowest BCUT2D eigenvalue weighted by molar-refractivity contribution is 0.0806. The van der Waals surface area contributed by atoms with Crippen LogP contribution in [0.5, 0.6) is 0 Å². The van der Waals surface area contributed by atoms with Crippen LogP contribution in [0, 0.1) is 17.3 Å². The van der Waals surface area contributed by atoms with Gasteiger partial charge >= 0.3 is 0 Å². The molecule has 3 nitrogen and oxygen atoms in total. The highest BCUT2D eigenvalue weighted by atomic mass is 16.1. The molecule has 0 amide bonds. The summed E-state index contributed by atoms with van der Waals surface area (Å²) in [7, 11) is 1.89. The Kier molecular flexibility index (Phi) is 3.60. The highest BCUT2D eigenvalue weighted by Crippen LogP contribution is 2.40. The Morgan fingerprint density at radius 3 is 2.33 bits per heavy atom. The number of hydrogen-bond donors (Lipinski definition) is 0. The van der Waals surface area contributed by atoms with Gasteiger partial charge in [0.05, 0.1) is 0 Å². The van der Waals surface area contributed by atoms with Crippen molar-refractivity contribution in [3.63, 3.8) is 0 Å². The molecule has 1 fully saturated rings. The molecule has 1 heterocycles. The number of carbonyl (C=O) groups excluding carboxylic acids is 1. The zero-order chi connectivity index (χ0) is 13.3. The summed E-state index contributed by atoms with van der Waals surface area (Å²) in [6.07, 6.45) is 7.93. The van der Waals surface area contributed by atoms with Gasteiger partial charge in [0.25, 0.3) is 0 Å². The van der Waals surface area contributed by atoms with E-state index in [0.717, 1.165) is 18.8 Å². The van der Waals surface area contributed by atoms with E-state index in [1.54, 1.807) is 6.20 Å². The maximum absolute atomic E-state index is 12.4. The van der Waals surface area contributed by atoms with Gasteiger partial charge in [-0.15, -0.1) is 0 Å². The fourth-order valence-corrected chi connectivity index (χ4v) is 3.01. The minimum Gasteiger partial charge on any atom is -0.332 e. The van der Waals surface area contributed by atoms with Crippen LogP contribution in [0.4, 0.5) is 0 Å². The highest BCUT2D eigenvalue weighted by molar-refractivity contribution is 5.94. The lowest BCUT2D eigenvalue weighted by Crippen LogP contribution is -2.29. The zero-order valence-electron chi connectivity index (χ0n) is 11.9. The molecule has 3 heteroatoms. The fraction of sp³-hybridized carbons (Fsp3) is 0.733. The molecule has 0 N–H and O–H groups in total. The maximum atomic E-state index is 12.4. The first-order valence-electron chi connectivity index (χ1n) is 6.91. The Morgan fingerprint density at radius 2 is 1.89 bits per heavy atom. The summed E-state index contributed by atoms with van der Waals surface area (Å²) >= 11 is 0. The van der Waals surface area contributed by atoms with Crippen molar-refractivity contribution in [2.45, 2.75) is 46.5 Å². The van der Waals surface area contributed by atoms with Crippen LogP contribution in [-0.2, 0) is 7.05 Å². The van der Waals surface area contributed by atoms with Gasteiger partial charge in [0.15, 0.2) is 5.82 Å². The summed E-state index contributed by atoms with van der Waals surface area (Å²) in [5.74, 6) is 1.79. The topological polar surface area (TPSA) is 34.9 Å². The molecule has 0 unspecified atom stereocenters. The van der Waals surface area contributed by atoms with Gasteiger partial charge in [-0.1, -0.05) is 20.8 Å². The number of aromatic nitrogens is 2. The van der Waals surface area contributed by atoms with Crippen molar-refractivity contribution >= 4 is 5.78 Å². The number of nitrogens with zero attached hydrogens (tertiary/aromatic N) is 2. The molecular formula is C15H24N2O. The van der Waals surface area contributed by atoms with E-state index in [4.69, 9.17) is 0 Å². The average Bonchev–Trinajstić information content (AvgIpc) is 2.73. The summed E-state index contributed by atoms with van der Waals surface area (Å²) < 4.78 is 1.83. The molecule has 0 saturated heterocycles. The minimum atomic E-state index is 0.185. The van der Waals surface area contributed by atoms with E-state index in [0.29, 0.717) is 11.2 Å². The van der Waals surface area contributed by atoms with Crippen LogP contribution < -0.4 is 0 Å². The summed E-state index contributed by atoms with van der Waals surface area (Å²) in [6, 6.07) is 0. The molecule has 0 bridgehead atoms. The van der Waals surface area contributed by atoms with E-state index < -0.39 is 0 Å². The minimum absolute atomic E-state index is 0.185. The summed E-state index contributed by atoms with van der Waals surface area (Å²) in [4.78, 5) is 16.5. The third-order valence-electron chi connectivity index (χ3n) is 4.36. The predicted octanol–water partition coefficient (Wildman–Crippen LogP) is 3.46. The van der Waals surface area contributed by atoms with E-state index in [1.165, 1.54) is 12.8 Å². The molecule has 100 valence electrons. The van der Waals surface area contributed by atoms with Crippen LogP contribution in [-0.4, -0.2) is 15.3 Å². The van der Waals surface area contributed by atoms with E-state index in [1.807, 2.05) is 17.8 Å². The zero-order valence-corrected chi connectivity index (χ0v) is 11.9. The van der Waals surface area contributed by atoms with Gasteiger partial charge in [0.1, 0.15) is 0 Å². The molecule has 0 radical (unpaired) electrons. The number of imidazole rings is 1. The third kappa shape index (κ3) is 2.65. The van der Waals surface area contributed by atoms with Crippen molar-refractivity contribution in [3.05, 3.63) is 18.2 Å². The lowest BCUT2D eigenvalue weighted by atomic mass is 9.69. The fourth-order valence-electron chi connectivity index (χ4n) is 3.01. The van der Waals surface area contributed by atoms with E-state index in [9.17, 15) is 4.79 Å². The largest absolute Gasteiger partial charge is 0.332 e. The SMILES string of the molecule is Cn1ccnc1C(=O)C1CCC(C(C)(C)C)CC1. The van der Waals surface area contributed by atoms with Crippen LogP contribution in [0.25, 0.3) is 0 Å². The standard InChI is InChI=1S/C15H24N2O/c1-15(2,3)12-7-5-11(6-8-12)13(18)14-16-9-10-17(14)4/h9-12H,5-8H2,1-4H3. The molecule has 0 aliphatic heterocycles. The number of hydrogen-bond acceptors (Lipinski definition) is 2. The van der Waals surface area contributed by atoms with E-state index in [2.05, 4.69) is 25.8 Å². The van der Waals surface area contributed by atoms with Gasteiger partial charge in [-0.25, -0.2) is 4.98 Å². The first-order valence-corrected chi connectivity index (χ1v) is 6.91. The van der Waals surface area contributed by atoms with E-state index >= 15 is 0 Å². The second kappa shape index (κ2) is 4.87. The van der Waals surface area contributed by atoms with E-state index in [-0.39, 0.29) is 11.7 Å². The van der Waals surface area contributed by atoms with Crippen molar-refractivity contribution < 1.29 is 4.79 Å². The summed E-state index contributed by atoms with van der Waals surface area (Å²) in [6.45, 7) is 6.91. The second-order valence-corrected chi connectivity index (χ2v) is 6.64. The van der Waals surface area contributed by atoms with Gasteiger partial charge in [0, 0.05) is 25.4 Å². The molecule has 0 atom stereocenters. The van der Waals surface area contributed by atoms with Crippen molar-refractivity contribution in [1.29, 1.82) is 0 Å². The smallest absolute Gasteiger partial charge is 0.201 e. The Hall–Kier alpha value is -1.12. The number of aryl methyl sites for hydroxylation is 1. The molecule has 1 aliphatic carbocycles. The Labute approximate surface area is 110 Å². The van der Waals surface area contributed by atoms with Crippen molar-refractivity contribution in [2.75, 3.05) is 0 Å². The van der Waals surface area contributed by atoms with Gasteiger partial charge in [0.2, 0.25) is 5.78 Å². The van der Waals surface area contributed by atoms with Gasteiger partial charge in [-0.05, 0) is 37.0 Å². The lowest BCUT2D eigenvalue weighted by Gasteiger charge is -2.36. The monoisotopic (exact) mass is 248 g/mol. The van der Waals surface area contributed by atoms with Gasteiger partial charge in [-0.2, -0.15) is 0 Å². The van der Waals surface area contributed by atoms with Gasteiger partial charge in [-0.3, -0.25) is 4.79 Å². The van der Waals surface area contributed by atoms with Crippen molar-refractivity contribution in [1.82, 2.24) is 9.55 Å². The van der Waals surface area contributed by atoms with Crippen LogP contribution in [0.3, 0.4) is 0 Å². The first-order chi connectivity index (χ1) is 8.39. The van der Waals surface area contributed by atoms with Crippen LogP contribution in [0.2, 0.25) is 0 Å². The number of ketones is 1. The summed E-state index contributed by atoms with van der Waals surface area (Å²) in [5, 5.41) is 0. The number of Topliss-reactive ketones (excluding diaryl/α,β-unsaturated/α-hetero) is 1. The maximum Gasteiger partial charge on any atom is 0.201 e. The quantitative estimate of drug-likeness (QED) is 0.751. The van der Waals surface area contributed by atoms with Crippen molar-refractivity contribution in [2.24, 2.45) is 24.3 Å². The van der Waals surface area contributed by atoms with Crippen LogP contribution >= 0.6 is 0 Å². The normalized spacial score (nSPS) is 25.1. The number of rotatable bonds is 2.